The quantitative estimate of drug-likeness (QED) is 0.585. The molecule has 0 fully saturated rings. The van der Waals surface area contributed by atoms with Crippen LogP contribution in [0.25, 0.3) is 11.3 Å². The van der Waals surface area contributed by atoms with Crippen molar-refractivity contribution in [2.24, 2.45) is 0 Å². The summed E-state index contributed by atoms with van der Waals surface area (Å²) in [6.07, 6.45) is 0. The maximum absolute atomic E-state index is 14.2. The molecule has 2 aromatic carbocycles. The summed E-state index contributed by atoms with van der Waals surface area (Å²) >= 11 is 6.07. The number of hydrogen-bond donors (Lipinski definition) is 2. The summed E-state index contributed by atoms with van der Waals surface area (Å²) in [5.41, 5.74) is 0.271. The third-order valence-corrected chi connectivity index (χ3v) is 4.46. The molecule has 6 nitrogen and oxygen atoms in total. The van der Waals surface area contributed by atoms with Gasteiger partial charge in [-0.25, -0.2) is 8.78 Å². The highest BCUT2D eigenvalue weighted by atomic mass is 35.5. The molecule has 0 atom stereocenters. The van der Waals surface area contributed by atoms with Gasteiger partial charge in [0.1, 0.15) is 40.3 Å². The third kappa shape index (κ3) is 4.20. The normalized spacial score (nSPS) is 10.4. The summed E-state index contributed by atoms with van der Waals surface area (Å²) in [5, 5.41) is 18.5. The Morgan fingerprint density at radius 3 is 2.66 bits per heavy atom. The average molecular weight is 417 g/mol. The summed E-state index contributed by atoms with van der Waals surface area (Å²) in [6, 6.07) is 10.2. The van der Waals surface area contributed by atoms with Gasteiger partial charge in [-0.1, -0.05) is 28.9 Å². The molecule has 0 spiro atoms. The van der Waals surface area contributed by atoms with E-state index in [1.165, 1.54) is 37.3 Å². The minimum Gasteiger partial charge on any atom is -0.382 e. The number of hydrogen-bond acceptors (Lipinski definition) is 5. The Bertz CT molecular complexity index is 1090. The van der Waals surface area contributed by atoms with Gasteiger partial charge in [-0.2, -0.15) is 5.26 Å². The lowest BCUT2D eigenvalue weighted by atomic mass is 10.0. The van der Waals surface area contributed by atoms with Gasteiger partial charge in [0.05, 0.1) is 16.3 Å². The lowest BCUT2D eigenvalue weighted by Gasteiger charge is -2.10. The van der Waals surface area contributed by atoms with Crippen LogP contribution in [0, 0.1) is 29.9 Å². The number of aromatic nitrogens is 1. The van der Waals surface area contributed by atoms with E-state index < -0.39 is 17.5 Å². The molecule has 0 saturated heterocycles. The molecule has 0 aliphatic rings. The van der Waals surface area contributed by atoms with Gasteiger partial charge in [0.25, 0.3) is 5.91 Å². The Kier molecular flexibility index (Phi) is 6.10. The van der Waals surface area contributed by atoms with E-state index in [0.29, 0.717) is 5.69 Å². The lowest BCUT2D eigenvalue weighted by molar-refractivity contribution is 0.0954. The zero-order valence-electron chi connectivity index (χ0n) is 15.2. The first kappa shape index (κ1) is 20.3. The molecule has 9 heteroatoms. The highest BCUT2D eigenvalue weighted by Gasteiger charge is 2.25. The van der Waals surface area contributed by atoms with Gasteiger partial charge in [-0.15, -0.1) is 0 Å². The standard InChI is InChI=1S/C20H15ClF2N4O2/c1-11-17(19(27-29-11)18-13(21)4-2-6-15(18)23)20(28)26-9-8-25-16-7-3-5-14(22)12(16)10-24/h2-7,25H,8-9H2,1H3,(H,26,28). The van der Waals surface area contributed by atoms with Crippen LogP contribution in [0.3, 0.4) is 0 Å². The summed E-state index contributed by atoms with van der Waals surface area (Å²) < 4.78 is 32.9. The molecule has 0 radical (unpaired) electrons. The molecule has 3 rings (SSSR count). The van der Waals surface area contributed by atoms with Crippen molar-refractivity contribution in [2.45, 2.75) is 6.92 Å². The molecular weight excluding hydrogens is 402 g/mol. The molecule has 1 aromatic heterocycles. The van der Waals surface area contributed by atoms with Crippen molar-refractivity contribution in [3.05, 3.63) is 69.9 Å². The van der Waals surface area contributed by atoms with Crippen LogP contribution in [0.2, 0.25) is 5.02 Å². The van der Waals surface area contributed by atoms with E-state index in [9.17, 15) is 13.6 Å². The number of rotatable bonds is 6. The van der Waals surface area contributed by atoms with Crippen LogP contribution in [0.4, 0.5) is 14.5 Å². The SMILES string of the molecule is Cc1onc(-c2c(F)cccc2Cl)c1C(=O)NCCNc1cccc(F)c1C#N. The molecule has 1 amide bonds. The van der Waals surface area contributed by atoms with Crippen LogP contribution in [0.15, 0.2) is 40.9 Å². The van der Waals surface area contributed by atoms with Crippen molar-refractivity contribution in [3.8, 4) is 17.3 Å². The Morgan fingerprint density at radius 2 is 1.93 bits per heavy atom. The van der Waals surface area contributed by atoms with E-state index in [1.807, 2.05) is 0 Å². The summed E-state index contributed by atoms with van der Waals surface area (Å²) in [6.45, 7) is 1.91. The van der Waals surface area contributed by atoms with Crippen LogP contribution in [-0.2, 0) is 0 Å². The van der Waals surface area contributed by atoms with E-state index in [-0.39, 0.29) is 46.3 Å². The first-order valence-electron chi connectivity index (χ1n) is 8.55. The van der Waals surface area contributed by atoms with Crippen LogP contribution in [0.5, 0.6) is 0 Å². The number of nitrogens with zero attached hydrogens (tertiary/aromatic N) is 2. The molecule has 148 valence electrons. The van der Waals surface area contributed by atoms with Gasteiger partial charge >= 0.3 is 0 Å². The first-order valence-corrected chi connectivity index (χ1v) is 8.93. The number of benzene rings is 2. The summed E-state index contributed by atoms with van der Waals surface area (Å²) in [7, 11) is 0. The topological polar surface area (TPSA) is 90.9 Å². The van der Waals surface area contributed by atoms with E-state index in [4.69, 9.17) is 21.4 Å². The Labute approximate surface area is 170 Å². The Balaban J connectivity index is 1.71. The molecule has 0 bridgehead atoms. The highest BCUT2D eigenvalue weighted by Crippen LogP contribution is 2.33. The number of nitrogens with one attached hydrogen (secondary N) is 2. The third-order valence-electron chi connectivity index (χ3n) is 4.14. The van der Waals surface area contributed by atoms with Crippen LogP contribution >= 0.6 is 11.6 Å². The predicted octanol–water partition coefficient (Wildman–Crippen LogP) is 4.30. The van der Waals surface area contributed by atoms with E-state index in [2.05, 4.69) is 15.8 Å². The van der Waals surface area contributed by atoms with Gasteiger partial charge in [0.15, 0.2) is 0 Å². The number of aryl methyl sites for hydroxylation is 1. The number of anilines is 1. The fraction of sp³-hybridized carbons (Fsp3) is 0.150. The minimum atomic E-state index is -0.631. The van der Waals surface area contributed by atoms with E-state index >= 15 is 0 Å². The van der Waals surface area contributed by atoms with Crippen molar-refractivity contribution in [3.63, 3.8) is 0 Å². The van der Waals surface area contributed by atoms with Crippen LogP contribution in [-0.4, -0.2) is 24.2 Å². The number of carbonyl (C=O) groups excluding carboxylic acids is 1. The van der Waals surface area contributed by atoms with Gasteiger partial charge in [0, 0.05) is 13.1 Å². The van der Waals surface area contributed by atoms with E-state index in [1.54, 1.807) is 12.1 Å². The van der Waals surface area contributed by atoms with Crippen LogP contribution in [0.1, 0.15) is 21.7 Å². The number of halogens is 3. The maximum atomic E-state index is 14.2. The zero-order chi connectivity index (χ0) is 21.0. The molecule has 2 N–H and O–H groups in total. The van der Waals surface area contributed by atoms with Gasteiger partial charge in [-0.05, 0) is 31.2 Å². The Morgan fingerprint density at radius 1 is 1.21 bits per heavy atom. The number of nitriles is 1. The number of amides is 1. The minimum absolute atomic E-state index is 0.00737. The van der Waals surface area contributed by atoms with Crippen molar-refractivity contribution in [2.75, 3.05) is 18.4 Å². The fourth-order valence-electron chi connectivity index (χ4n) is 2.78. The first-order chi connectivity index (χ1) is 13.9. The van der Waals surface area contributed by atoms with Crippen molar-refractivity contribution in [1.29, 1.82) is 5.26 Å². The molecule has 0 aliphatic carbocycles. The highest BCUT2D eigenvalue weighted by molar-refractivity contribution is 6.33. The Hall–Kier alpha value is -3.44. The van der Waals surface area contributed by atoms with Gasteiger partial charge in [0.2, 0.25) is 0 Å². The predicted molar refractivity (Wildman–Crippen MR) is 104 cm³/mol. The molecule has 0 unspecified atom stereocenters. The van der Waals surface area contributed by atoms with Crippen molar-refractivity contribution >= 4 is 23.2 Å². The molecule has 29 heavy (non-hydrogen) atoms. The molecule has 1 heterocycles. The summed E-state index contributed by atoms with van der Waals surface area (Å²) in [4.78, 5) is 12.6. The molecule has 3 aromatic rings. The smallest absolute Gasteiger partial charge is 0.257 e. The van der Waals surface area contributed by atoms with Crippen molar-refractivity contribution < 1.29 is 18.1 Å². The molecule has 0 saturated carbocycles. The largest absolute Gasteiger partial charge is 0.382 e. The second-order valence-electron chi connectivity index (χ2n) is 6.02. The van der Waals surface area contributed by atoms with Gasteiger partial charge < -0.3 is 15.2 Å². The average Bonchev–Trinajstić information content (AvgIpc) is 3.06. The fourth-order valence-corrected chi connectivity index (χ4v) is 3.03. The van der Waals surface area contributed by atoms with E-state index in [0.717, 1.165) is 0 Å². The zero-order valence-corrected chi connectivity index (χ0v) is 16.0. The van der Waals surface area contributed by atoms with Gasteiger partial charge in [-0.3, -0.25) is 4.79 Å². The second-order valence-corrected chi connectivity index (χ2v) is 6.42. The lowest BCUT2D eigenvalue weighted by Crippen LogP contribution is -2.29. The van der Waals surface area contributed by atoms with Crippen LogP contribution < -0.4 is 10.6 Å². The van der Waals surface area contributed by atoms with Crippen molar-refractivity contribution in [1.82, 2.24) is 10.5 Å². The molecule has 0 aliphatic heterocycles. The second kappa shape index (κ2) is 8.71. The molecular formula is C20H15ClF2N4O2. The monoisotopic (exact) mass is 416 g/mol. The number of carbonyl (C=O) groups is 1. The maximum Gasteiger partial charge on any atom is 0.257 e. The summed E-state index contributed by atoms with van der Waals surface area (Å²) in [5.74, 6) is -1.58.